The maximum Gasteiger partial charge on any atom is 0.163 e. The first-order valence-corrected chi connectivity index (χ1v) is 7.77. The number of Topliss-reactive ketones (excluding diaryl/α,β-unsaturated/α-hetero) is 1. The van der Waals surface area contributed by atoms with Gasteiger partial charge in [-0.15, -0.1) is 11.8 Å². The lowest BCUT2D eigenvalue weighted by atomic mass is 10.1. The molecule has 1 aromatic heterocycles. The highest BCUT2D eigenvalue weighted by Gasteiger charge is 2.26. The maximum atomic E-state index is 11.3. The number of hydrogen-bond donors (Lipinski definition) is 0. The molecule has 1 saturated heterocycles. The summed E-state index contributed by atoms with van der Waals surface area (Å²) in [6, 6.07) is 0. The smallest absolute Gasteiger partial charge is 0.163 e. The van der Waals surface area contributed by atoms with Crippen molar-refractivity contribution in [3.63, 3.8) is 0 Å². The molecule has 2 rings (SSSR count). The van der Waals surface area contributed by atoms with E-state index in [2.05, 4.69) is 16.9 Å². The van der Waals surface area contributed by atoms with Gasteiger partial charge in [0.15, 0.2) is 5.78 Å². The molecule has 92 valence electrons. The van der Waals surface area contributed by atoms with Crippen molar-refractivity contribution in [1.82, 2.24) is 9.97 Å². The van der Waals surface area contributed by atoms with Crippen LogP contribution in [0.4, 0.5) is 0 Å². The molecule has 0 aliphatic carbocycles. The Labute approximate surface area is 110 Å². The molecule has 2 unspecified atom stereocenters. The normalized spacial score (nSPS) is 24.6. The summed E-state index contributed by atoms with van der Waals surface area (Å²) in [4.78, 5) is 20.2. The summed E-state index contributed by atoms with van der Waals surface area (Å²) in [7, 11) is 0. The minimum absolute atomic E-state index is 0.0350. The van der Waals surface area contributed by atoms with E-state index in [1.807, 2.05) is 30.4 Å². The molecule has 0 amide bonds. The van der Waals surface area contributed by atoms with E-state index in [-0.39, 0.29) is 5.78 Å². The molecule has 1 aliphatic heterocycles. The Balaban J connectivity index is 2.27. The van der Waals surface area contributed by atoms with Gasteiger partial charge in [-0.3, -0.25) is 4.79 Å². The summed E-state index contributed by atoms with van der Waals surface area (Å²) in [5, 5.41) is 0.893. The molecule has 0 N–H and O–H groups in total. The van der Waals surface area contributed by atoms with E-state index < -0.39 is 0 Å². The third-order valence-electron chi connectivity index (χ3n) is 2.82. The van der Waals surface area contributed by atoms with Crippen LogP contribution in [0.15, 0.2) is 6.20 Å². The Bertz CT molecular complexity index is 437. The fraction of sp³-hybridized carbons (Fsp3) is 0.583. The van der Waals surface area contributed by atoms with Crippen LogP contribution in [-0.4, -0.2) is 32.5 Å². The van der Waals surface area contributed by atoms with Crippen molar-refractivity contribution in [2.45, 2.75) is 31.3 Å². The summed E-state index contributed by atoms with van der Waals surface area (Å²) >= 11 is 3.89. The first-order valence-electron chi connectivity index (χ1n) is 5.67. The van der Waals surface area contributed by atoms with Crippen molar-refractivity contribution in [2.24, 2.45) is 0 Å². The lowest BCUT2D eigenvalue weighted by Crippen LogP contribution is -2.19. The van der Waals surface area contributed by atoms with Crippen LogP contribution >= 0.6 is 23.5 Å². The Morgan fingerprint density at radius 1 is 1.41 bits per heavy atom. The van der Waals surface area contributed by atoms with Crippen molar-refractivity contribution in [3.05, 3.63) is 23.3 Å². The van der Waals surface area contributed by atoms with Crippen LogP contribution in [0.3, 0.4) is 0 Å². The minimum Gasteiger partial charge on any atom is -0.294 e. The van der Waals surface area contributed by atoms with Crippen molar-refractivity contribution in [1.29, 1.82) is 0 Å². The zero-order valence-electron chi connectivity index (χ0n) is 10.3. The molecule has 1 aromatic rings. The molecule has 3 nitrogen and oxygen atoms in total. The zero-order chi connectivity index (χ0) is 12.4. The third-order valence-corrected chi connectivity index (χ3v) is 5.91. The fourth-order valence-electron chi connectivity index (χ4n) is 1.88. The van der Waals surface area contributed by atoms with Gasteiger partial charge in [-0.25, -0.2) is 9.97 Å². The predicted molar refractivity (Wildman–Crippen MR) is 73.9 cm³/mol. The second kappa shape index (κ2) is 5.40. The average molecular weight is 268 g/mol. The number of carbonyl (C=O) groups is 1. The van der Waals surface area contributed by atoms with E-state index in [0.717, 1.165) is 17.3 Å². The first kappa shape index (κ1) is 12.9. The van der Waals surface area contributed by atoms with Crippen LogP contribution in [0.5, 0.6) is 0 Å². The van der Waals surface area contributed by atoms with Gasteiger partial charge in [0.05, 0.1) is 16.5 Å². The second-order valence-corrected chi connectivity index (χ2v) is 6.89. The highest BCUT2D eigenvalue weighted by Crippen LogP contribution is 2.40. The molecule has 2 atom stereocenters. The largest absolute Gasteiger partial charge is 0.294 e. The number of aryl methyl sites for hydroxylation is 1. The van der Waals surface area contributed by atoms with Gasteiger partial charge >= 0.3 is 0 Å². The van der Waals surface area contributed by atoms with Crippen molar-refractivity contribution in [3.8, 4) is 0 Å². The lowest BCUT2D eigenvalue weighted by molar-refractivity contribution is 0.101. The topological polar surface area (TPSA) is 42.9 Å². The number of carbonyl (C=O) groups excluding carboxylic acids is 1. The Kier molecular flexibility index (Phi) is 4.09. The molecule has 17 heavy (non-hydrogen) atoms. The van der Waals surface area contributed by atoms with E-state index >= 15 is 0 Å². The molecular weight excluding hydrogens is 252 g/mol. The number of rotatable bonds is 2. The summed E-state index contributed by atoms with van der Waals surface area (Å²) in [5.41, 5.74) is 1.43. The van der Waals surface area contributed by atoms with Crippen LogP contribution in [0.2, 0.25) is 0 Å². The Morgan fingerprint density at radius 2 is 2.12 bits per heavy atom. The summed E-state index contributed by atoms with van der Waals surface area (Å²) in [5.74, 6) is 3.26. The molecule has 0 bridgehead atoms. The standard InChI is InChI=1S/C12H16N2OS2/c1-7-10(8(2)15)6-13-12(14-7)11-9(3)16-4-5-17-11/h6,9,11H,4-5H2,1-3H3. The van der Waals surface area contributed by atoms with Gasteiger partial charge in [0.25, 0.3) is 0 Å². The molecular formula is C12H16N2OS2. The van der Waals surface area contributed by atoms with Gasteiger partial charge < -0.3 is 0 Å². The van der Waals surface area contributed by atoms with Gasteiger partial charge in [0, 0.05) is 23.0 Å². The summed E-state index contributed by atoms with van der Waals surface area (Å²) in [6.07, 6.45) is 1.67. The molecule has 5 heteroatoms. The molecule has 0 saturated carbocycles. The maximum absolute atomic E-state index is 11.3. The summed E-state index contributed by atoms with van der Waals surface area (Å²) < 4.78 is 0. The molecule has 2 heterocycles. The van der Waals surface area contributed by atoms with Crippen LogP contribution in [0, 0.1) is 6.92 Å². The highest BCUT2D eigenvalue weighted by molar-refractivity contribution is 8.06. The lowest BCUT2D eigenvalue weighted by Gasteiger charge is -2.26. The quantitative estimate of drug-likeness (QED) is 0.772. The van der Waals surface area contributed by atoms with Crippen LogP contribution in [0.25, 0.3) is 0 Å². The number of hydrogen-bond acceptors (Lipinski definition) is 5. The van der Waals surface area contributed by atoms with E-state index in [9.17, 15) is 4.79 Å². The number of nitrogens with zero attached hydrogens (tertiary/aromatic N) is 2. The monoisotopic (exact) mass is 268 g/mol. The van der Waals surface area contributed by atoms with Gasteiger partial charge in [-0.1, -0.05) is 6.92 Å². The average Bonchev–Trinajstić information content (AvgIpc) is 2.29. The molecule has 0 spiro atoms. The van der Waals surface area contributed by atoms with E-state index in [1.165, 1.54) is 5.75 Å². The number of thioether (sulfide) groups is 2. The second-order valence-electron chi connectivity index (χ2n) is 4.15. The van der Waals surface area contributed by atoms with Crippen molar-refractivity contribution in [2.75, 3.05) is 11.5 Å². The minimum atomic E-state index is 0.0350. The SMILES string of the molecule is CC(=O)c1cnc(C2SCCSC2C)nc1C. The third kappa shape index (κ3) is 2.83. The number of aromatic nitrogens is 2. The molecule has 1 fully saturated rings. The van der Waals surface area contributed by atoms with Crippen LogP contribution in [0.1, 0.15) is 41.0 Å². The van der Waals surface area contributed by atoms with Crippen LogP contribution in [-0.2, 0) is 0 Å². The van der Waals surface area contributed by atoms with E-state index in [0.29, 0.717) is 16.1 Å². The van der Waals surface area contributed by atoms with Gasteiger partial charge in [0.1, 0.15) is 5.82 Å². The van der Waals surface area contributed by atoms with Gasteiger partial charge in [-0.2, -0.15) is 11.8 Å². The summed E-state index contributed by atoms with van der Waals surface area (Å²) in [6.45, 7) is 5.66. The van der Waals surface area contributed by atoms with Crippen molar-refractivity contribution >= 4 is 29.3 Å². The Hall–Kier alpha value is -0.550. The molecule has 0 radical (unpaired) electrons. The Morgan fingerprint density at radius 3 is 2.71 bits per heavy atom. The van der Waals surface area contributed by atoms with Gasteiger partial charge in [-0.05, 0) is 13.8 Å². The number of ketones is 1. The molecule has 0 aromatic carbocycles. The van der Waals surface area contributed by atoms with Crippen molar-refractivity contribution < 1.29 is 4.79 Å². The van der Waals surface area contributed by atoms with Crippen LogP contribution < -0.4 is 0 Å². The zero-order valence-corrected chi connectivity index (χ0v) is 11.9. The highest BCUT2D eigenvalue weighted by atomic mass is 32.2. The van der Waals surface area contributed by atoms with Gasteiger partial charge in [0.2, 0.25) is 0 Å². The van der Waals surface area contributed by atoms with E-state index in [4.69, 9.17) is 0 Å². The predicted octanol–water partition coefficient (Wildman–Crippen LogP) is 2.90. The first-order chi connectivity index (χ1) is 8.09. The molecule has 1 aliphatic rings. The van der Waals surface area contributed by atoms with E-state index in [1.54, 1.807) is 13.1 Å². The fourth-order valence-corrected chi connectivity index (χ4v) is 4.58.